The van der Waals surface area contributed by atoms with Crippen molar-refractivity contribution in [1.29, 1.82) is 0 Å². The maximum atomic E-state index is 3.68. The van der Waals surface area contributed by atoms with E-state index in [2.05, 4.69) is 548 Å². The fraction of sp³-hybridized carbons (Fsp3) is 0. The van der Waals surface area contributed by atoms with E-state index >= 15 is 0 Å². The molecule has 0 radical (unpaired) electrons. The monoisotopic (exact) mass is 1990 g/mol. The summed E-state index contributed by atoms with van der Waals surface area (Å²) in [4.78, 5) is 0. The van der Waals surface area contributed by atoms with Gasteiger partial charge < -0.3 is 26.6 Å². The van der Waals surface area contributed by atoms with E-state index < -0.39 is 0 Å². The van der Waals surface area contributed by atoms with Crippen molar-refractivity contribution in [2.45, 2.75) is 0 Å². The number of fused-ring (bicyclic) bond motifs is 19. The lowest BCUT2D eigenvalue weighted by molar-refractivity contribution is 1.54. The molecule has 0 saturated heterocycles. The van der Waals surface area contributed by atoms with Crippen molar-refractivity contribution < 1.29 is 0 Å². The molecule has 0 fully saturated rings. The molecule has 147 heavy (non-hydrogen) atoms. The van der Waals surface area contributed by atoms with Crippen molar-refractivity contribution >= 4 is 257 Å². The van der Waals surface area contributed by atoms with Gasteiger partial charge in [0, 0.05) is 178 Å². The van der Waals surface area contributed by atoms with E-state index in [1.165, 1.54) is 199 Å². The predicted molar refractivity (Wildman–Crippen MR) is 648 cm³/mol. The number of thiophene rings is 6. The Hall–Kier alpha value is -17.4. The molecule has 0 aliphatic rings. The highest BCUT2D eigenvalue weighted by atomic mass is 32.1. The first-order valence-corrected chi connectivity index (χ1v) is 54.2. The van der Waals surface area contributed by atoms with Crippen LogP contribution >= 0.6 is 68.0 Å². The maximum Gasteiger partial charge on any atom is 0.0433 e. The Morgan fingerprint density at radius 3 is 0.728 bits per heavy atom. The largest absolute Gasteiger partial charge is 0.356 e. The van der Waals surface area contributed by atoms with Gasteiger partial charge in [0.1, 0.15) is 0 Å². The Morgan fingerprint density at radius 1 is 0.109 bits per heavy atom. The van der Waals surface area contributed by atoms with Crippen LogP contribution in [0, 0.1) is 0 Å². The van der Waals surface area contributed by atoms with Gasteiger partial charge in [-0.15, -0.1) is 68.0 Å². The fourth-order valence-corrected chi connectivity index (χ4v) is 26.5. The average molecular weight is 1990 g/mol. The zero-order valence-electron chi connectivity index (χ0n) is 79.8. The molecule has 23 aromatic carbocycles. The third-order valence-corrected chi connectivity index (χ3v) is 34.0. The number of hydrogen-bond donors (Lipinski definition) is 5. The van der Waals surface area contributed by atoms with Crippen LogP contribution in [0.1, 0.15) is 0 Å². The fourth-order valence-electron chi connectivity index (χ4n) is 19.8. The Morgan fingerprint density at radius 2 is 0.340 bits per heavy atom. The Bertz CT molecular complexity index is 9770. The molecule has 0 aliphatic carbocycles. The summed E-state index contributed by atoms with van der Waals surface area (Å²) in [5.41, 5.74) is 25.9. The third-order valence-electron chi connectivity index (χ3n) is 27.0. The second kappa shape index (κ2) is 41.2. The van der Waals surface area contributed by atoms with Crippen LogP contribution in [0.25, 0.3) is 199 Å². The minimum Gasteiger partial charge on any atom is -0.356 e. The first kappa shape index (κ1) is 90.9. The normalized spacial score (nSPS) is 11.3. The molecule has 29 aromatic rings. The molecule has 0 atom stereocenters. The first-order chi connectivity index (χ1) is 72.7. The molecule has 5 nitrogen and oxygen atoms in total. The Labute approximate surface area is 876 Å². The van der Waals surface area contributed by atoms with E-state index in [1.807, 2.05) is 80.2 Å². The molecular weight excluding hydrogens is 1900 g/mol. The van der Waals surface area contributed by atoms with Crippen molar-refractivity contribution in [2.75, 3.05) is 26.6 Å². The van der Waals surface area contributed by atoms with Gasteiger partial charge in [-0.05, 0) is 272 Å². The van der Waals surface area contributed by atoms with Crippen LogP contribution in [-0.2, 0) is 0 Å². The van der Waals surface area contributed by atoms with Gasteiger partial charge >= 0.3 is 0 Å². The maximum absolute atomic E-state index is 3.68. The molecule has 0 spiro atoms. The van der Waals surface area contributed by atoms with Gasteiger partial charge in [-0.3, -0.25) is 0 Å². The minimum absolute atomic E-state index is 1.09. The molecule has 0 aliphatic heterocycles. The number of hydrogen-bond acceptors (Lipinski definition) is 11. The Balaban J connectivity index is 0.0000000959. The van der Waals surface area contributed by atoms with Gasteiger partial charge in [0.15, 0.2) is 0 Å². The zero-order chi connectivity index (χ0) is 97.7. The van der Waals surface area contributed by atoms with E-state index in [0.717, 1.165) is 56.9 Å². The van der Waals surface area contributed by atoms with Crippen molar-refractivity contribution in [2.24, 2.45) is 0 Å². The van der Waals surface area contributed by atoms with Crippen molar-refractivity contribution in [3.63, 3.8) is 0 Å². The SMILES string of the molecule is c1ccc(-c2cc(Nc3ccc4sc5ccccc5c4c3)cc(-c3ccccc3)c2)cc1.c1ccc(-c2ccc(Nc3ccc4sc5ccccc5c4c3)cc2)cc1.c1ccc(-c2cccc(Nc3ccc4sc5ccccc5c4c3)c2)cc1.c1ccc2c(-c3ccc(Nc4ccc5sc6ccccc6c5c4)cc3)cccc2c1.c1ccc2c(c1)sc1ccc(Nc3ccc(-c4cccc5c4sc4ccccc45)cc3)cc12. The summed E-state index contributed by atoms with van der Waals surface area (Å²) in [5, 5.41) is 36.4. The summed E-state index contributed by atoms with van der Waals surface area (Å²) in [5.74, 6) is 0. The highest BCUT2D eigenvalue weighted by Crippen LogP contribution is 2.46. The standard InChI is InChI=1S/C30H19NS2.C30H21NS.C28H19NS.2C24H17NS/c1-4-11-28-23(6-1)25-9-5-8-22(30(25)33-28)19-12-14-20(15-13-19)31-21-16-17-29-26(18-21)24-7-2-3-10-27(24)32-29;1-3-9-21(10-4-1)23-17-24(22-11-5-2-6-12-22)19-26(18-23)31-25-15-16-30-28(20-25)27-13-7-8-14-29(27)32-30;1-2-8-23-19(6-1)7-5-10-24(23)20-12-14-21(15-13-20)29-22-16-17-28-26(18-22)25-9-3-4-11-27(25)30-28;1-2-7-17(8-3-1)18-9-6-10-19(15-18)25-20-13-14-24-22(16-20)21-11-4-5-12-23(21)26-24;1-2-6-17(7-3-1)18-10-12-19(13-11-18)25-20-14-15-24-22(16-20)21-8-4-5-9-23(21)26-24/h1-18,31H;1-20,31H;1-18,29H;2*1-16,25H. The summed E-state index contributed by atoms with van der Waals surface area (Å²) < 4.78 is 16.0. The molecule has 6 heterocycles. The molecule has 0 saturated carbocycles. The molecule has 0 bridgehead atoms. The lowest BCUT2D eigenvalue weighted by Crippen LogP contribution is -1.92. The predicted octanol–water partition coefficient (Wildman–Crippen LogP) is 42.5. The Kier molecular flexibility index (Phi) is 25.4. The molecular formula is C136H93N5S6. The average Bonchev–Trinajstić information content (AvgIpc) is 1.61. The topological polar surface area (TPSA) is 60.1 Å². The van der Waals surface area contributed by atoms with Crippen LogP contribution < -0.4 is 26.6 Å². The summed E-state index contributed by atoms with van der Waals surface area (Å²) in [6.07, 6.45) is 0. The molecule has 0 amide bonds. The number of rotatable bonds is 16. The summed E-state index contributed by atoms with van der Waals surface area (Å²) in [7, 11) is 0. The molecule has 698 valence electrons. The quantitative estimate of drug-likeness (QED) is 0.0667. The van der Waals surface area contributed by atoms with Crippen LogP contribution in [0.15, 0.2) is 534 Å². The summed E-state index contributed by atoms with van der Waals surface area (Å²) in [6, 6.07) is 190. The van der Waals surface area contributed by atoms with Crippen LogP contribution in [0.3, 0.4) is 0 Å². The van der Waals surface area contributed by atoms with Crippen LogP contribution in [-0.4, -0.2) is 0 Å². The van der Waals surface area contributed by atoms with Gasteiger partial charge in [0.05, 0.1) is 0 Å². The van der Waals surface area contributed by atoms with Gasteiger partial charge in [0.2, 0.25) is 0 Å². The molecule has 29 rings (SSSR count). The van der Waals surface area contributed by atoms with E-state index in [-0.39, 0.29) is 0 Å². The van der Waals surface area contributed by atoms with E-state index in [0.29, 0.717) is 0 Å². The lowest BCUT2D eigenvalue weighted by atomic mass is 9.98. The van der Waals surface area contributed by atoms with Crippen LogP contribution in [0.4, 0.5) is 56.9 Å². The zero-order valence-corrected chi connectivity index (χ0v) is 84.7. The van der Waals surface area contributed by atoms with Crippen molar-refractivity contribution in [3.8, 4) is 66.8 Å². The van der Waals surface area contributed by atoms with Crippen molar-refractivity contribution in [1.82, 2.24) is 0 Å². The van der Waals surface area contributed by atoms with Gasteiger partial charge in [-0.1, -0.05) is 340 Å². The molecule has 11 heteroatoms. The van der Waals surface area contributed by atoms with Crippen molar-refractivity contribution in [3.05, 3.63) is 534 Å². The minimum atomic E-state index is 1.09. The van der Waals surface area contributed by atoms with Gasteiger partial charge in [-0.2, -0.15) is 0 Å². The summed E-state index contributed by atoms with van der Waals surface area (Å²) in [6.45, 7) is 0. The smallest absolute Gasteiger partial charge is 0.0433 e. The molecule has 5 N–H and O–H groups in total. The van der Waals surface area contributed by atoms with Gasteiger partial charge in [0.25, 0.3) is 0 Å². The number of benzene rings is 23. The van der Waals surface area contributed by atoms with E-state index in [1.54, 1.807) is 0 Å². The van der Waals surface area contributed by atoms with E-state index in [9.17, 15) is 0 Å². The van der Waals surface area contributed by atoms with Gasteiger partial charge in [-0.25, -0.2) is 0 Å². The van der Waals surface area contributed by atoms with E-state index in [4.69, 9.17) is 0 Å². The highest BCUT2D eigenvalue weighted by molar-refractivity contribution is 7.28. The van der Waals surface area contributed by atoms with Crippen LogP contribution in [0.2, 0.25) is 0 Å². The van der Waals surface area contributed by atoms with Crippen LogP contribution in [0.5, 0.6) is 0 Å². The molecule has 0 unspecified atom stereocenters. The lowest BCUT2D eigenvalue weighted by Gasteiger charge is -2.13. The second-order valence-electron chi connectivity index (χ2n) is 36.6. The molecule has 6 aromatic heterocycles. The summed E-state index contributed by atoms with van der Waals surface area (Å²) >= 11 is 11.1. The second-order valence-corrected chi connectivity index (χ2v) is 43.0. The highest BCUT2D eigenvalue weighted by Gasteiger charge is 2.18. The number of nitrogens with one attached hydrogen (secondary N) is 5. The number of anilines is 10. The first-order valence-electron chi connectivity index (χ1n) is 49.3. The third kappa shape index (κ3) is 19.6.